The fourth-order valence-electron chi connectivity index (χ4n) is 3.89. The summed E-state index contributed by atoms with van der Waals surface area (Å²) in [4.78, 5) is 2.67. The molecule has 0 aromatic rings. The van der Waals surface area contributed by atoms with Gasteiger partial charge in [0.15, 0.2) is 0 Å². The minimum atomic E-state index is 0.851. The summed E-state index contributed by atoms with van der Waals surface area (Å²) in [6, 6.07) is 0.851. The SMILES string of the molecule is CC1CC(C)CC(N(C)CC2CCNCC2)C1. The molecule has 2 fully saturated rings. The molecule has 2 unspecified atom stereocenters. The highest BCUT2D eigenvalue weighted by Crippen LogP contribution is 2.31. The molecule has 1 heterocycles. The van der Waals surface area contributed by atoms with Crippen molar-refractivity contribution in [2.75, 3.05) is 26.7 Å². The molecule has 1 aliphatic heterocycles. The Morgan fingerprint density at radius 3 is 2.18 bits per heavy atom. The summed E-state index contributed by atoms with van der Waals surface area (Å²) in [6.45, 7) is 8.65. The summed E-state index contributed by atoms with van der Waals surface area (Å²) in [5.41, 5.74) is 0. The Balaban J connectivity index is 1.79. The molecule has 2 atom stereocenters. The largest absolute Gasteiger partial charge is 0.317 e. The maximum absolute atomic E-state index is 3.46. The summed E-state index contributed by atoms with van der Waals surface area (Å²) in [5, 5.41) is 3.46. The summed E-state index contributed by atoms with van der Waals surface area (Å²) in [5.74, 6) is 2.80. The van der Waals surface area contributed by atoms with Crippen LogP contribution in [0.15, 0.2) is 0 Å². The predicted octanol–water partition coefficient (Wildman–Crippen LogP) is 2.74. The van der Waals surface area contributed by atoms with E-state index in [0.717, 1.165) is 23.8 Å². The van der Waals surface area contributed by atoms with Gasteiger partial charge in [-0.15, -0.1) is 0 Å². The van der Waals surface area contributed by atoms with E-state index in [9.17, 15) is 0 Å². The molecular weight excluding hydrogens is 208 g/mol. The summed E-state index contributed by atoms with van der Waals surface area (Å²) in [6.07, 6.45) is 7.04. The van der Waals surface area contributed by atoms with E-state index in [1.165, 1.54) is 51.7 Å². The molecule has 17 heavy (non-hydrogen) atoms. The van der Waals surface area contributed by atoms with E-state index in [2.05, 4.69) is 31.1 Å². The molecule has 2 rings (SSSR count). The summed E-state index contributed by atoms with van der Waals surface area (Å²) in [7, 11) is 2.36. The molecule has 1 saturated carbocycles. The van der Waals surface area contributed by atoms with E-state index in [1.807, 2.05) is 0 Å². The maximum Gasteiger partial charge on any atom is 0.00974 e. The highest BCUT2D eigenvalue weighted by molar-refractivity contribution is 4.82. The minimum Gasteiger partial charge on any atom is -0.317 e. The Labute approximate surface area is 107 Å². The van der Waals surface area contributed by atoms with E-state index in [-0.39, 0.29) is 0 Å². The van der Waals surface area contributed by atoms with Crippen LogP contribution in [0.1, 0.15) is 46.0 Å². The zero-order valence-electron chi connectivity index (χ0n) is 11.9. The summed E-state index contributed by atoms with van der Waals surface area (Å²) >= 11 is 0. The molecule has 0 aromatic heterocycles. The number of hydrogen-bond acceptors (Lipinski definition) is 2. The molecule has 1 N–H and O–H groups in total. The number of rotatable bonds is 3. The van der Waals surface area contributed by atoms with Crippen molar-refractivity contribution < 1.29 is 0 Å². The minimum absolute atomic E-state index is 0.851. The quantitative estimate of drug-likeness (QED) is 0.813. The third-order valence-electron chi connectivity index (χ3n) is 4.78. The van der Waals surface area contributed by atoms with Gasteiger partial charge in [0.05, 0.1) is 0 Å². The van der Waals surface area contributed by atoms with Crippen LogP contribution in [0.2, 0.25) is 0 Å². The lowest BCUT2D eigenvalue weighted by atomic mass is 9.79. The van der Waals surface area contributed by atoms with Gasteiger partial charge in [-0.05, 0) is 70.0 Å². The molecule has 1 aliphatic carbocycles. The van der Waals surface area contributed by atoms with Gasteiger partial charge < -0.3 is 10.2 Å². The van der Waals surface area contributed by atoms with Crippen molar-refractivity contribution in [3.05, 3.63) is 0 Å². The van der Waals surface area contributed by atoms with Crippen LogP contribution < -0.4 is 5.32 Å². The molecule has 0 radical (unpaired) electrons. The number of hydrogen-bond donors (Lipinski definition) is 1. The lowest BCUT2D eigenvalue weighted by Gasteiger charge is -2.39. The Kier molecular flexibility index (Phi) is 4.87. The van der Waals surface area contributed by atoms with Gasteiger partial charge in [-0.25, -0.2) is 0 Å². The van der Waals surface area contributed by atoms with Crippen LogP contribution in [0.4, 0.5) is 0 Å². The zero-order valence-corrected chi connectivity index (χ0v) is 11.9. The van der Waals surface area contributed by atoms with E-state index in [0.29, 0.717) is 0 Å². The van der Waals surface area contributed by atoms with Crippen molar-refractivity contribution in [2.24, 2.45) is 17.8 Å². The number of piperidine rings is 1. The van der Waals surface area contributed by atoms with Gasteiger partial charge in [0.25, 0.3) is 0 Å². The van der Waals surface area contributed by atoms with Crippen LogP contribution in [0, 0.1) is 17.8 Å². The first-order valence-electron chi connectivity index (χ1n) is 7.56. The average Bonchev–Trinajstić information content (AvgIpc) is 2.29. The lowest BCUT2D eigenvalue weighted by Crippen LogP contribution is -2.42. The van der Waals surface area contributed by atoms with Crippen LogP contribution in [-0.2, 0) is 0 Å². The van der Waals surface area contributed by atoms with Gasteiger partial charge in [-0.1, -0.05) is 13.8 Å². The second kappa shape index (κ2) is 6.19. The van der Waals surface area contributed by atoms with Gasteiger partial charge in [0.2, 0.25) is 0 Å². The average molecular weight is 238 g/mol. The lowest BCUT2D eigenvalue weighted by molar-refractivity contribution is 0.111. The normalized spacial score (nSPS) is 36.4. The predicted molar refractivity (Wildman–Crippen MR) is 74.2 cm³/mol. The Morgan fingerprint density at radius 2 is 1.59 bits per heavy atom. The van der Waals surface area contributed by atoms with Gasteiger partial charge in [0, 0.05) is 12.6 Å². The first kappa shape index (κ1) is 13.4. The van der Waals surface area contributed by atoms with Crippen LogP contribution in [-0.4, -0.2) is 37.6 Å². The molecule has 1 saturated heterocycles. The second-order valence-electron chi connectivity index (χ2n) is 6.70. The summed E-state index contributed by atoms with van der Waals surface area (Å²) < 4.78 is 0. The first-order chi connectivity index (χ1) is 8.15. The molecule has 2 nitrogen and oxygen atoms in total. The van der Waals surface area contributed by atoms with E-state index in [1.54, 1.807) is 0 Å². The van der Waals surface area contributed by atoms with Crippen molar-refractivity contribution in [1.82, 2.24) is 10.2 Å². The topological polar surface area (TPSA) is 15.3 Å². The monoisotopic (exact) mass is 238 g/mol. The van der Waals surface area contributed by atoms with Gasteiger partial charge >= 0.3 is 0 Å². The highest BCUT2D eigenvalue weighted by Gasteiger charge is 2.27. The third kappa shape index (κ3) is 3.96. The Hall–Kier alpha value is -0.0800. The zero-order chi connectivity index (χ0) is 12.3. The molecule has 2 heteroatoms. The maximum atomic E-state index is 3.46. The van der Waals surface area contributed by atoms with Crippen molar-refractivity contribution >= 4 is 0 Å². The molecule has 100 valence electrons. The third-order valence-corrected chi connectivity index (χ3v) is 4.78. The molecule has 0 aromatic carbocycles. The Morgan fingerprint density at radius 1 is 1.00 bits per heavy atom. The fourth-order valence-corrected chi connectivity index (χ4v) is 3.89. The molecular formula is C15H30N2. The van der Waals surface area contributed by atoms with Crippen molar-refractivity contribution in [1.29, 1.82) is 0 Å². The highest BCUT2D eigenvalue weighted by atomic mass is 15.1. The van der Waals surface area contributed by atoms with E-state index >= 15 is 0 Å². The van der Waals surface area contributed by atoms with Gasteiger partial charge in [-0.2, -0.15) is 0 Å². The van der Waals surface area contributed by atoms with Crippen molar-refractivity contribution in [2.45, 2.75) is 52.0 Å². The van der Waals surface area contributed by atoms with Crippen LogP contribution in [0.3, 0.4) is 0 Å². The van der Waals surface area contributed by atoms with Crippen LogP contribution in [0.5, 0.6) is 0 Å². The van der Waals surface area contributed by atoms with Gasteiger partial charge in [0.1, 0.15) is 0 Å². The molecule has 0 bridgehead atoms. The van der Waals surface area contributed by atoms with Gasteiger partial charge in [-0.3, -0.25) is 0 Å². The van der Waals surface area contributed by atoms with Crippen molar-refractivity contribution in [3.8, 4) is 0 Å². The molecule has 2 aliphatic rings. The van der Waals surface area contributed by atoms with Crippen LogP contribution >= 0.6 is 0 Å². The van der Waals surface area contributed by atoms with Crippen molar-refractivity contribution in [3.63, 3.8) is 0 Å². The smallest absolute Gasteiger partial charge is 0.00974 e. The molecule has 0 spiro atoms. The first-order valence-corrected chi connectivity index (χ1v) is 7.56. The Bertz CT molecular complexity index is 213. The fraction of sp³-hybridized carbons (Fsp3) is 1.00. The second-order valence-corrected chi connectivity index (χ2v) is 6.70. The van der Waals surface area contributed by atoms with E-state index < -0.39 is 0 Å². The number of nitrogens with one attached hydrogen (secondary N) is 1. The molecule has 0 amide bonds. The number of nitrogens with zero attached hydrogens (tertiary/aromatic N) is 1. The van der Waals surface area contributed by atoms with E-state index in [4.69, 9.17) is 0 Å². The van der Waals surface area contributed by atoms with Crippen LogP contribution in [0.25, 0.3) is 0 Å². The standard InChI is InChI=1S/C15H30N2/c1-12-8-13(2)10-15(9-12)17(3)11-14-4-6-16-7-5-14/h12-16H,4-11H2,1-3H3.